The molecule has 0 fully saturated rings. The van der Waals surface area contributed by atoms with E-state index < -0.39 is 0 Å². The number of nitrogens with one attached hydrogen (secondary N) is 1. The molecule has 2 rings (SSSR count). The van der Waals surface area contributed by atoms with Gasteiger partial charge in [0.15, 0.2) is 0 Å². The molecule has 1 aliphatic rings. The molecule has 1 heterocycles. The lowest BCUT2D eigenvalue weighted by Crippen LogP contribution is -2.32. The predicted molar refractivity (Wildman–Crippen MR) is 51.6 cm³/mol. The third-order valence-electron chi connectivity index (χ3n) is 2.43. The molecule has 3 N–H and O–H groups in total. The fourth-order valence-electron chi connectivity index (χ4n) is 1.70. The van der Waals surface area contributed by atoms with Gasteiger partial charge in [-0.15, -0.1) is 0 Å². The zero-order chi connectivity index (χ0) is 9.26. The first-order valence-electron chi connectivity index (χ1n) is 4.44. The van der Waals surface area contributed by atoms with Crippen LogP contribution in [-0.4, -0.2) is 13.7 Å². The van der Waals surface area contributed by atoms with Crippen molar-refractivity contribution < 1.29 is 4.74 Å². The van der Waals surface area contributed by atoms with Crippen LogP contribution in [0, 0.1) is 0 Å². The highest BCUT2D eigenvalue weighted by Crippen LogP contribution is 2.24. The van der Waals surface area contributed by atoms with Crippen molar-refractivity contribution in [1.82, 2.24) is 5.32 Å². The van der Waals surface area contributed by atoms with Crippen LogP contribution in [0.4, 0.5) is 0 Å². The number of nitrogens with two attached hydrogens (primary N) is 1. The van der Waals surface area contributed by atoms with Crippen LogP contribution in [0.3, 0.4) is 0 Å². The summed E-state index contributed by atoms with van der Waals surface area (Å²) >= 11 is 0. The van der Waals surface area contributed by atoms with Crippen molar-refractivity contribution in [2.24, 2.45) is 5.73 Å². The van der Waals surface area contributed by atoms with Gasteiger partial charge >= 0.3 is 0 Å². The zero-order valence-corrected chi connectivity index (χ0v) is 7.71. The Balaban J connectivity index is 2.39. The second-order valence-corrected chi connectivity index (χ2v) is 3.30. The van der Waals surface area contributed by atoms with E-state index in [0.29, 0.717) is 0 Å². The van der Waals surface area contributed by atoms with Gasteiger partial charge in [0.1, 0.15) is 5.75 Å². The van der Waals surface area contributed by atoms with Gasteiger partial charge in [-0.2, -0.15) is 0 Å². The minimum Gasteiger partial charge on any atom is -0.497 e. The van der Waals surface area contributed by atoms with Gasteiger partial charge in [-0.1, -0.05) is 6.07 Å². The van der Waals surface area contributed by atoms with Gasteiger partial charge < -0.3 is 15.8 Å². The Morgan fingerprint density at radius 2 is 2.38 bits per heavy atom. The van der Waals surface area contributed by atoms with Gasteiger partial charge in [-0.25, -0.2) is 0 Å². The molecule has 0 bridgehead atoms. The highest BCUT2D eigenvalue weighted by atomic mass is 16.5. The van der Waals surface area contributed by atoms with Crippen LogP contribution in [0.25, 0.3) is 0 Å². The molecule has 1 atom stereocenters. The summed E-state index contributed by atoms with van der Waals surface area (Å²) in [7, 11) is 1.68. The normalized spacial score (nSPS) is 20.9. The number of fused-ring (bicyclic) bond motifs is 1. The molecule has 1 aliphatic heterocycles. The van der Waals surface area contributed by atoms with Crippen LogP contribution >= 0.6 is 0 Å². The number of methoxy groups -OCH3 is 1. The van der Waals surface area contributed by atoms with E-state index >= 15 is 0 Å². The lowest BCUT2D eigenvalue weighted by atomic mass is 9.97. The van der Waals surface area contributed by atoms with Crippen LogP contribution < -0.4 is 15.8 Å². The SMILES string of the molecule is COc1ccc2c(c1)CNC[C@H]2N. The summed E-state index contributed by atoms with van der Waals surface area (Å²) in [6.07, 6.45) is 0. The summed E-state index contributed by atoms with van der Waals surface area (Å²) in [6.45, 7) is 1.75. The molecule has 3 heteroatoms. The topological polar surface area (TPSA) is 47.3 Å². The fourth-order valence-corrected chi connectivity index (χ4v) is 1.70. The lowest BCUT2D eigenvalue weighted by molar-refractivity contribution is 0.412. The van der Waals surface area contributed by atoms with Crippen LogP contribution in [0.1, 0.15) is 17.2 Å². The first kappa shape index (κ1) is 8.53. The molecule has 13 heavy (non-hydrogen) atoms. The maximum absolute atomic E-state index is 5.93. The van der Waals surface area contributed by atoms with E-state index in [0.717, 1.165) is 18.8 Å². The predicted octanol–water partition coefficient (Wildman–Crippen LogP) is 0.798. The smallest absolute Gasteiger partial charge is 0.119 e. The highest BCUT2D eigenvalue weighted by Gasteiger charge is 2.15. The molecular weight excluding hydrogens is 164 g/mol. The minimum absolute atomic E-state index is 0.120. The molecule has 0 radical (unpaired) electrons. The summed E-state index contributed by atoms with van der Waals surface area (Å²) in [5.41, 5.74) is 8.42. The summed E-state index contributed by atoms with van der Waals surface area (Å²) < 4.78 is 5.15. The molecule has 0 unspecified atom stereocenters. The van der Waals surface area contributed by atoms with E-state index in [2.05, 4.69) is 11.4 Å². The average molecular weight is 178 g/mol. The molecule has 3 nitrogen and oxygen atoms in total. The Kier molecular flexibility index (Phi) is 2.20. The Bertz CT molecular complexity index is 312. The van der Waals surface area contributed by atoms with Crippen molar-refractivity contribution in [3.05, 3.63) is 29.3 Å². The van der Waals surface area contributed by atoms with E-state index in [1.165, 1.54) is 11.1 Å². The van der Waals surface area contributed by atoms with Crippen LogP contribution in [-0.2, 0) is 6.54 Å². The van der Waals surface area contributed by atoms with E-state index in [9.17, 15) is 0 Å². The number of ether oxygens (including phenoxy) is 1. The van der Waals surface area contributed by atoms with E-state index in [1.807, 2.05) is 12.1 Å². The molecular formula is C10H14N2O. The second kappa shape index (κ2) is 3.36. The largest absolute Gasteiger partial charge is 0.497 e. The Morgan fingerprint density at radius 3 is 3.15 bits per heavy atom. The summed E-state index contributed by atoms with van der Waals surface area (Å²) in [6, 6.07) is 6.18. The van der Waals surface area contributed by atoms with Crippen molar-refractivity contribution in [1.29, 1.82) is 0 Å². The van der Waals surface area contributed by atoms with Gasteiger partial charge in [0.2, 0.25) is 0 Å². The summed E-state index contributed by atoms with van der Waals surface area (Å²) in [5, 5.41) is 3.26. The van der Waals surface area contributed by atoms with E-state index in [-0.39, 0.29) is 6.04 Å². The first-order valence-corrected chi connectivity index (χ1v) is 4.44. The monoisotopic (exact) mass is 178 g/mol. The van der Waals surface area contributed by atoms with E-state index in [1.54, 1.807) is 7.11 Å². The van der Waals surface area contributed by atoms with Crippen molar-refractivity contribution >= 4 is 0 Å². The molecule has 0 aliphatic carbocycles. The third-order valence-corrected chi connectivity index (χ3v) is 2.43. The molecule has 0 aromatic heterocycles. The van der Waals surface area contributed by atoms with Gasteiger partial charge in [0, 0.05) is 19.1 Å². The van der Waals surface area contributed by atoms with Gasteiger partial charge in [0.25, 0.3) is 0 Å². The van der Waals surface area contributed by atoms with Crippen molar-refractivity contribution in [3.8, 4) is 5.75 Å². The standard InChI is InChI=1S/C10H14N2O/c1-13-8-2-3-9-7(4-8)5-12-6-10(9)11/h2-4,10,12H,5-6,11H2,1H3/t10-/m1/s1. The maximum atomic E-state index is 5.93. The number of rotatable bonds is 1. The van der Waals surface area contributed by atoms with Crippen molar-refractivity contribution in [2.75, 3.05) is 13.7 Å². The van der Waals surface area contributed by atoms with Crippen LogP contribution in [0.2, 0.25) is 0 Å². The highest BCUT2D eigenvalue weighted by molar-refractivity contribution is 5.38. The summed E-state index contributed by atoms with van der Waals surface area (Å²) in [4.78, 5) is 0. The van der Waals surface area contributed by atoms with Crippen molar-refractivity contribution in [2.45, 2.75) is 12.6 Å². The molecule has 0 spiro atoms. The van der Waals surface area contributed by atoms with E-state index in [4.69, 9.17) is 10.5 Å². The zero-order valence-electron chi connectivity index (χ0n) is 7.71. The molecule has 0 amide bonds. The fraction of sp³-hybridized carbons (Fsp3) is 0.400. The second-order valence-electron chi connectivity index (χ2n) is 3.30. The van der Waals surface area contributed by atoms with Gasteiger partial charge in [0.05, 0.1) is 7.11 Å². The molecule has 70 valence electrons. The Hall–Kier alpha value is -1.06. The lowest BCUT2D eigenvalue weighted by Gasteiger charge is -2.23. The molecule has 1 aromatic rings. The Labute approximate surface area is 77.9 Å². The van der Waals surface area contributed by atoms with Crippen molar-refractivity contribution in [3.63, 3.8) is 0 Å². The number of hydrogen-bond donors (Lipinski definition) is 2. The number of benzene rings is 1. The quantitative estimate of drug-likeness (QED) is 0.668. The van der Waals surface area contributed by atoms with Crippen LogP contribution in [0.15, 0.2) is 18.2 Å². The average Bonchev–Trinajstić information content (AvgIpc) is 2.18. The van der Waals surface area contributed by atoms with Crippen LogP contribution in [0.5, 0.6) is 5.75 Å². The number of hydrogen-bond acceptors (Lipinski definition) is 3. The molecule has 1 aromatic carbocycles. The molecule has 0 saturated heterocycles. The summed E-state index contributed by atoms with van der Waals surface area (Å²) in [5.74, 6) is 0.898. The minimum atomic E-state index is 0.120. The Morgan fingerprint density at radius 1 is 1.54 bits per heavy atom. The maximum Gasteiger partial charge on any atom is 0.119 e. The van der Waals surface area contributed by atoms with Gasteiger partial charge in [-0.05, 0) is 23.3 Å². The third kappa shape index (κ3) is 1.53. The first-order chi connectivity index (χ1) is 6.31. The molecule has 0 saturated carbocycles. The van der Waals surface area contributed by atoms with Gasteiger partial charge in [-0.3, -0.25) is 0 Å².